The maximum absolute atomic E-state index is 10.7. The summed E-state index contributed by atoms with van der Waals surface area (Å²) in [5.41, 5.74) is 7.12. The number of pyridine rings is 1. The Labute approximate surface area is 73.8 Å². The number of hydrogen-bond donors (Lipinski definition) is 2. The third-order valence-corrected chi connectivity index (χ3v) is 1.90. The predicted octanol–water partition coefficient (Wildman–Crippen LogP) is 0.678. The van der Waals surface area contributed by atoms with Gasteiger partial charge in [-0.3, -0.25) is 4.72 Å². The molecule has 0 aliphatic carbocycles. The quantitative estimate of drug-likeness (QED) is 0.711. The summed E-state index contributed by atoms with van der Waals surface area (Å²) in [6, 6.07) is 1.76. The number of aromatic nitrogens is 1. The first kappa shape index (κ1) is 8.99. The van der Waals surface area contributed by atoms with Crippen molar-refractivity contribution in [1.29, 1.82) is 0 Å². The van der Waals surface area contributed by atoms with Crippen LogP contribution in [0.3, 0.4) is 0 Å². The number of nitrogens with one attached hydrogen (secondary N) is 1. The molecule has 66 valence electrons. The molecule has 5 heteroatoms. The van der Waals surface area contributed by atoms with Gasteiger partial charge in [-0.15, -0.1) is 0 Å². The zero-order chi connectivity index (χ0) is 9.14. The van der Waals surface area contributed by atoms with E-state index in [0.717, 1.165) is 5.56 Å². The van der Waals surface area contributed by atoms with E-state index in [-0.39, 0.29) is 0 Å². The summed E-state index contributed by atoms with van der Waals surface area (Å²) in [5.74, 6) is 0.586. The van der Waals surface area contributed by atoms with Crippen molar-refractivity contribution < 1.29 is 4.21 Å². The standard InChI is InChI=1S/C7H11N3OS/c1-5-3-7(10-12(2)11)9-4-6(5)8/h3-4H,8H2,1-2H3,(H,9,10). The van der Waals surface area contributed by atoms with Gasteiger partial charge < -0.3 is 5.73 Å². The van der Waals surface area contributed by atoms with Gasteiger partial charge in [0.2, 0.25) is 0 Å². The van der Waals surface area contributed by atoms with E-state index in [0.29, 0.717) is 11.5 Å². The lowest BCUT2D eigenvalue weighted by Gasteiger charge is -2.03. The van der Waals surface area contributed by atoms with E-state index in [1.165, 1.54) is 0 Å². The normalized spacial score (nSPS) is 12.5. The fourth-order valence-corrected chi connectivity index (χ4v) is 1.18. The van der Waals surface area contributed by atoms with Crippen molar-refractivity contribution in [2.75, 3.05) is 16.7 Å². The van der Waals surface area contributed by atoms with Crippen molar-refractivity contribution in [1.82, 2.24) is 4.98 Å². The molecule has 1 aromatic heterocycles. The Morgan fingerprint density at radius 1 is 1.67 bits per heavy atom. The number of rotatable bonds is 2. The molecule has 0 bridgehead atoms. The molecule has 12 heavy (non-hydrogen) atoms. The number of aryl methyl sites for hydroxylation is 1. The highest BCUT2D eigenvalue weighted by molar-refractivity contribution is 7.85. The summed E-state index contributed by atoms with van der Waals surface area (Å²) < 4.78 is 13.4. The fraction of sp³-hybridized carbons (Fsp3) is 0.286. The SMILES string of the molecule is Cc1cc(NS(C)=O)ncc1N. The van der Waals surface area contributed by atoms with Crippen LogP contribution in [0.15, 0.2) is 12.3 Å². The zero-order valence-electron chi connectivity index (χ0n) is 7.00. The van der Waals surface area contributed by atoms with Crippen molar-refractivity contribution in [3.05, 3.63) is 17.8 Å². The number of nitrogens with two attached hydrogens (primary N) is 1. The van der Waals surface area contributed by atoms with Crippen molar-refractivity contribution in [3.8, 4) is 0 Å². The molecule has 1 rings (SSSR count). The average molecular weight is 185 g/mol. The van der Waals surface area contributed by atoms with E-state index in [4.69, 9.17) is 5.73 Å². The molecule has 1 aromatic rings. The van der Waals surface area contributed by atoms with Crippen molar-refractivity contribution in [2.24, 2.45) is 0 Å². The van der Waals surface area contributed by atoms with Crippen molar-refractivity contribution in [2.45, 2.75) is 6.92 Å². The molecule has 0 spiro atoms. The van der Waals surface area contributed by atoms with Crippen LogP contribution in [0.5, 0.6) is 0 Å². The van der Waals surface area contributed by atoms with E-state index >= 15 is 0 Å². The lowest BCUT2D eigenvalue weighted by molar-refractivity contribution is 0.689. The molecule has 1 atom stereocenters. The summed E-state index contributed by atoms with van der Waals surface area (Å²) in [6.45, 7) is 1.88. The maximum Gasteiger partial charge on any atom is 0.138 e. The third kappa shape index (κ3) is 2.20. The number of nitrogens with zero attached hydrogens (tertiary/aromatic N) is 1. The van der Waals surface area contributed by atoms with Gasteiger partial charge >= 0.3 is 0 Å². The van der Waals surface area contributed by atoms with Crippen molar-refractivity contribution in [3.63, 3.8) is 0 Å². The van der Waals surface area contributed by atoms with Gasteiger partial charge in [0, 0.05) is 6.26 Å². The summed E-state index contributed by atoms with van der Waals surface area (Å²) in [7, 11) is -1.08. The van der Waals surface area contributed by atoms with Crippen LogP contribution >= 0.6 is 0 Å². The minimum absolute atomic E-state index is 0.586. The van der Waals surface area contributed by atoms with Crippen LogP contribution in [-0.4, -0.2) is 15.4 Å². The Hall–Kier alpha value is -1.10. The minimum Gasteiger partial charge on any atom is -0.397 e. The molecule has 0 aromatic carbocycles. The number of hydrogen-bond acceptors (Lipinski definition) is 3. The largest absolute Gasteiger partial charge is 0.397 e. The molecule has 0 saturated carbocycles. The van der Waals surface area contributed by atoms with Gasteiger partial charge in [-0.1, -0.05) is 0 Å². The molecule has 0 fully saturated rings. The molecule has 3 N–H and O–H groups in total. The Bertz CT molecular complexity index is 314. The van der Waals surface area contributed by atoms with E-state index in [1.54, 1.807) is 18.5 Å². The highest BCUT2D eigenvalue weighted by atomic mass is 32.2. The molecule has 0 aliphatic rings. The average Bonchev–Trinajstić information content (AvgIpc) is 1.96. The van der Waals surface area contributed by atoms with Crippen LogP contribution in [0.2, 0.25) is 0 Å². The highest BCUT2D eigenvalue weighted by Gasteiger charge is 1.98. The van der Waals surface area contributed by atoms with Gasteiger partial charge in [0.05, 0.1) is 11.9 Å². The smallest absolute Gasteiger partial charge is 0.138 e. The fourth-order valence-electron chi connectivity index (χ4n) is 0.770. The van der Waals surface area contributed by atoms with Gasteiger partial charge in [-0.25, -0.2) is 9.19 Å². The van der Waals surface area contributed by atoms with E-state index in [9.17, 15) is 4.21 Å². The second-order valence-corrected chi connectivity index (χ2v) is 3.59. The van der Waals surface area contributed by atoms with Gasteiger partial charge in [-0.05, 0) is 18.6 Å². The predicted molar refractivity (Wildman–Crippen MR) is 51.1 cm³/mol. The Morgan fingerprint density at radius 2 is 2.33 bits per heavy atom. The number of anilines is 2. The maximum atomic E-state index is 10.7. The first-order valence-corrected chi connectivity index (χ1v) is 4.97. The van der Waals surface area contributed by atoms with Crippen LogP contribution in [0.25, 0.3) is 0 Å². The second kappa shape index (κ2) is 3.53. The Kier molecular flexibility index (Phi) is 2.65. The molecular weight excluding hydrogens is 174 g/mol. The van der Waals surface area contributed by atoms with E-state index < -0.39 is 11.0 Å². The molecule has 0 amide bonds. The molecule has 0 aliphatic heterocycles. The molecule has 4 nitrogen and oxygen atoms in total. The summed E-state index contributed by atoms with van der Waals surface area (Å²) in [6.07, 6.45) is 3.10. The molecule has 0 saturated heterocycles. The van der Waals surface area contributed by atoms with Crippen LogP contribution in [0.1, 0.15) is 5.56 Å². The topological polar surface area (TPSA) is 68.0 Å². The third-order valence-electron chi connectivity index (χ3n) is 1.40. The summed E-state index contributed by atoms with van der Waals surface area (Å²) in [5, 5.41) is 0. The number of nitrogen functional groups attached to an aromatic ring is 1. The lowest BCUT2D eigenvalue weighted by atomic mass is 10.2. The molecule has 1 unspecified atom stereocenters. The van der Waals surface area contributed by atoms with E-state index in [1.807, 2.05) is 6.92 Å². The molecular formula is C7H11N3OS. The lowest BCUT2D eigenvalue weighted by Crippen LogP contribution is -2.04. The van der Waals surface area contributed by atoms with Gasteiger partial charge in [-0.2, -0.15) is 0 Å². The van der Waals surface area contributed by atoms with Crippen LogP contribution in [0.4, 0.5) is 11.5 Å². The zero-order valence-corrected chi connectivity index (χ0v) is 7.81. The second-order valence-electron chi connectivity index (χ2n) is 2.48. The van der Waals surface area contributed by atoms with Crippen LogP contribution in [0, 0.1) is 6.92 Å². The first-order chi connectivity index (χ1) is 5.59. The Balaban J connectivity index is 2.89. The molecule has 0 radical (unpaired) electrons. The van der Waals surface area contributed by atoms with Crippen molar-refractivity contribution >= 4 is 22.5 Å². The monoisotopic (exact) mass is 185 g/mol. The Morgan fingerprint density at radius 3 is 2.83 bits per heavy atom. The first-order valence-electron chi connectivity index (χ1n) is 3.42. The van der Waals surface area contributed by atoms with Gasteiger partial charge in [0.15, 0.2) is 0 Å². The van der Waals surface area contributed by atoms with Crippen LogP contribution in [-0.2, 0) is 11.0 Å². The van der Waals surface area contributed by atoms with Gasteiger partial charge in [0.1, 0.15) is 16.8 Å². The summed E-state index contributed by atoms with van der Waals surface area (Å²) >= 11 is 0. The minimum atomic E-state index is -1.08. The summed E-state index contributed by atoms with van der Waals surface area (Å²) in [4.78, 5) is 3.95. The van der Waals surface area contributed by atoms with Crippen LogP contribution < -0.4 is 10.5 Å². The molecule has 1 heterocycles. The van der Waals surface area contributed by atoms with E-state index in [2.05, 4.69) is 9.71 Å². The van der Waals surface area contributed by atoms with Gasteiger partial charge in [0.25, 0.3) is 0 Å². The highest BCUT2D eigenvalue weighted by Crippen LogP contribution is 2.12.